The molecule has 0 bridgehead atoms. The number of phenolic OH excluding ortho intramolecular Hbond substituents is 1. The average molecular weight is 208 g/mol. The van der Waals surface area contributed by atoms with Crippen LogP contribution in [0.5, 0.6) is 5.75 Å². The summed E-state index contributed by atoms with van der Waals surface area (Å²) in [7, 11) is 0. The Morgan fingerprint density at radius 2 is 2.00 bits per heavy atom. The number of aromatic hydroxyl groups is 1. The molecule has 0 saturated heterocycles. The Hall–Kier alpha value is -1.02. The highest BCUT2D eigenvalue weighted by atomic mass is 16.3. The predicted octanol–water partition coefficient (Wildman–Crippen LogP) is 2.73. The molecular formula is C13H20O2. The number of hydrogen-bond acceptors (Lipinski definition) is 2. The van der Waals surface area contributed by atoms with Gasteiger partial charge in [0.25, 0.3) is 0 Å². The lowest BCUT2D eigenvalue weighted by Crippen LogP contribution is -2.36. The van der Waals surface area contributed by atoms with E-state index in [2.05, 4.69) is 0 Å². The highest BCUT2D eigenvalue weighted by Gasteiger charge is 2.28. The molecular weight excluding hydrogens is 188 g/mol. The highest BCUT2D eigenvalue weighted by Crippen LogP contribution is 2.26. The second-order valence-electron chi connectivity index (χ2n) is 4.46. The molecule has 1 rings (SSSR count). The van der Waals surface area contributed by atoms with E-state index in [9.17, 15) is 10.2 Å². The zero-order valence-electron chi connectivity index (χ0n) is 9.70. The Labute approximate surface area is 91.6 Å². The van der Waals surface area contributed by atoms with Crippen molar-refractivity contribution in [2.75, 3.05) is 0 Å². The Morgan fingerprint density at radius 3 is 2.47 bits per heavy atom. The minimum atomic E-state index is -0.673. The number of rotatable bonds is 4. The van der Waals surface area contributed by atoms with Crippen LogP contribution in [0.3, 0.4) is 0 Å². The molecule has 0 aliphatic carbocycles. The third-order valence-corrected chi connectivity index (χ3v) is 3.11. The molecule has 2 heteroatoms. The van der Waals surface area contributed by atoms with Crippen LogP contribution in [0.2, 0.25) is 0 Å². The van der Waals surface area contributed by atoms with E-state index in [0.717, 1.165) is 12.0 Å². The van der Waals surface area contributed by atoms with Crippen LogP contribution in [0.15, 0.2) is 24.3 Å². The normalized spacial score (nSPS) is 15.3. The second kappa shape index (κ2) is 4.67. The molecule has 0 heterocycles. The van der Waals surface area contributed by atoms with Gasteiger partial charge in [-0.05, 0) is 30.0 Å². The fraction of sp³-hybridized carbons (Fsp3) is 0.538. The monoisotopic (exact) mass is 208 g/mol. The van der Waals surface area contributed by atoms with Crippen molar-refractivity contribution in [1.82, 2.24) is 0 Å². The van der Waals surface area contributed by atoms with Crippen molar-refractivity contribution >= 4 is 0 Å². The van der Waals surface area contributed by atoms with Gasteiger partial charge in [-0.3, -0.25) is 0 Å². The molecule has 0 fully saturated rings. The summed E-state index contributed by atoms with van der Waals surface area (Å²) in [6.07, 6.45) is 1.32. The highest BCUT2D eigenvalue weighted by molar-refractivity contribution is 5.28. The molecule has 0 aliphatic heterocycles. The molecule has 1 atom stereocenters. The van der Waals surface area contributed by atoms with Crippen molar-refractivity contribution in [1.29, 1.82) is 0 Å². The Kier molecular flexibility index (Phi) is 3.75. The van der Waals surface area contributed by atoms with Gasteiger partial charge in [-0.25, -0.2) is 0 Å². The second-order valence-corrected chi connectivity index (χ2v) is 4.46. The van der Waals surface area contributed by atoms with E-state index in [-0.39, 0.29) is 11.7 Å². The first kappa shape index (κ1) is 12.1. The first-order valence-electron chi connectivity index (χ1n) is 5.48. The van der Waals surface area contributed by atoms with E-state index in [1.807, 2.05) is 26.8 Å². The molecule has 0 amide bonds. The molecule has 1 aromatic carbocycles. The third-order valence-electron chi connectivity index (χ3n) is 3.11. The average Bonchev–Trinajstić information content (AvgIpc) is 2.17. The van der Waals surface area contributed by atoms with E-state index < -0.39 is 5.60 Å². The van der Waals surface area contributed by atoms with Crippen LogP contribution in [0.1, 0.15) is 32.8 Å². The summed E-state index contributed by atoms with van der Waals surface area (Å²) in [5, 5.41) is 19.7. The Morgan fingerprint density at radius 1 is 1.33 bits per heavy atom. The predicted molar refractivity (Wildman–Crippen MR) is 61.9 cm³/mol. The molecule has 0 saturated carbocycles. The van der Waals surface area contributed by atoms with Crippen LogP contribution < -0.4 is 0 Å². The van der Waals surface area contributed by atoms with Crippen LogP contribution in [0.4, 0.5) is 0 Å². The summed E-state index contributed by atoms with van der Waals surface area (Å²) >= 11 is 0. The topological polar surface area (TPSA) is 40.5 Å². The summed E-state index contributed by atoms with van der Waals surface area (Å²) in [5.74, 6) is 0.472. The first-order chi connectivity index (χ1) is 6.98. The summed E-state index contributed by atoms with van der Waals surface area (Å²) < 4.78 is 0. The summed E-state index contributed by atoms with van der Waals surface area (Å²) in [6.45, 7) is 6.03. The van der Waals surface area contributed by atoms with Gasteiger partial charge in [0.15, 0.2) is 0 Å². The van der Waals surface area contributed by atoms with Gasteiger partial charge in [0.2, 0.25) is 0 Å². The van der Waals surface area contributed by atoms with Crippen LogP contribution in [0, 0.1) is 5.92 Å². The number of benzene rings is 1. The first-order valence-corrected chi connectivity index (χ1v) is 5.48. The van der Waals surface area contributed by atoms with E-state index in [0.29, 0.717) is 6.42 Å². The molecule has 0 aromatic heterocycles. The molecule has 1 unspecified atom stereocenters. The van der Waals surface area contributed by atoms with Gasteiger partial charge < -0.3 is 10.2 Å². The van der Waals surface area contributed by atoms with Crippen LogP contribution >= 0.6 is 0 Å². The summed E-state index contributed by atoms with van der Waals surface area (Å²) in [5.41, 5.74) is 0.307. The third kappa shape index (κ3) is 2.96. The van der Waals surface area contributed by atoms with Crippen molar-refractivity contribution in [2.24, 2.45) is 5.92 Å². The molecule has 2 N–H and O–H groups in total. The maximum Gasteiger partial charge on any atom is 0.115 e. The molecule has 0 radical (unpaired) electrons. The van der Waals surface area contributed by atoms with Crippen molar-refractivity contribution in [3.63, 3.8) is 0 Å². The van der Waals surface area contributed by atoms with Gasteiger partial charge in [0, 0.05) is 6.42 Å². The molecule has 84 valence electrons. The summed E-state index contributed by atoms with van der Waals surface area (Å²) in [6, 6.07) is 7.09. The fourth-order valence-corrected chi connectivity index (χ4v) is 1.76. The lowest BCUT2D eigenvalue weighted by atomic mass is 9.82. The van der Waals surface area contributed by atoms with Gasteiger partial charge in [-0.2, -0.15) is 0 Å². The number of aliphatic hydroxyl groups is 1. The minimum Gasteiger partial charge on any atom is -0.508 e. The molecule has 1 aromatic rings. The Bertz CT molecular complexity index is 320. The van der Waals surface area contributed by atoms with Crippen molar-refractivity contribution in [2.45, 2.75) is 39.2 Å². The van der Waals surface area contributed by atoms with Crippen molar-refractivity contribution in [3.8, 4) is 5.75 Å². The quantitative estimate of drug-likeness (QED) is 0.798. The fourth-order valence-electron chi connectivity index (χ4n) is 1.76. The maximum absolute atomic E-state index is 10.4. The van der Waals surface area contributed by atoms with Crippen LogP contribution in [-0.2, 0) is 6.42 Å². The smallest absolute Gasteiger partial charge is 0.115 e. The van der Waals surface area contributed by atoms with Gasteiger partial charge >= 0.3 is 0 Å². The van der Waals surface area contributed by atoms with E-state index >= 15 is 0 Å². The maximum atomic E-state index is 10.4. The minimum absolute atomic E-state index is 0.213. The number of phenols is 1. The zero-order chi connectivity index (χ0) is 11.5. The molecule has 0 aliphatic rings. The van der Waals surface area contributed by atoms with Crippen LogP contribution in [-0.4, -0.2) is 15.8 Å². The standard InChI is InChI=1S/C13H20O2/c1-4-13(15,10(2)3)9-11-6-5-7-12(14)8-11/h5-8,10,14-15H,4,9H2,1-3H3. The van der Waals surface area contributed by atoms with Gasteiger partial charge in [0.1, 0.15) is 5.75 Å². The van der Waals surface area contributed by atoms with E-state index in [1.165, 1.54) is 0 Å². The zero-order valence-corrected chi connectivity index (χ0v) is 9.70. The largest absolute Gasteiger partial charge is 0.508 e. The molecule has 2 nitrogen and oxygen atoms in total. The summed E-state index contributed by atoms with van der Waals surface area (Å²) in [4.78, 5) is 0. The van der Waals surface area contributed by atoms with Crippen molar-refractivity contribution in [3.05, 3.63) is 29.8 Å². The molecule has 0 spiro atoms. The van der Waals surface area contributed by atoms with E-state index in [4.69, 9.17) is 0 Å². The van der Waals surface area contributed by atoms with Crippen LogP contribution in [0.25, 0.3) is 0 Å². The van der Waals surface area contributed by atoms with Gasteiger partial charge in [-0.15, -0.1) is 0 Å². The molecule has 15 heavy (non-hydrogen) atoms. The number of hydrogen-bond donors (Lipinski definition) is 2. The van der Waals surface area contributed by atoms with Gasteiger partial charge in [-0.1, -0.05) is 32.9 Å². The van der Waals surface area contributed by atoms with E-state index in [1.54, 1.807) is 18.2 Å². The lowest BCUT2D eigenvalue weighted by Gasteiger charge is -2.31. The van der Waals surface area contributed by atoms with Crippen molar-refractivity contribution < 1.29 is 10.2 Å². The SMILES string of the molecule is CCC(O)(Cc1cccc(O)c1)C(C)C. The lowest BCUT2D eigenvalue weighted by molar-refractivity contribution is -0.00830. The van der Waals surface area contributed by atoms with Gasteiger partial charge in [0.05, 0.1) is 5.60 Å². The Balaban J connectivity index is 2.84.